The van der Waals surface area contributed by atoms with Crippen molar-refractivity contribution in [1.82, 2.24) is 5.32 Å². The van der Waals surface area contributed by atoms with Gasteiger partial charge in [-0.3, -0.25) is 14.4 Å². The third-order valence-corrected chi connectivity index (χ3v) is 4.63. The number of carbonyl (C=O) groups excluding carboxylic acids is 3. The number of hydrogen-bond donors (Lipinski definition) is 2. The van der Waals surface area contributed by atoms with Gasteiger partial charge in [-0.1, -0.05) is 18.2 Å². The number of anilines is 1. The lowest BCUT2D eigenvalue weighted by molar-refractivity contribution is 0.0277. The van der Waals surface area contributed by atoms with Crippen molar-refractivity contribution in [3.8, 4) is 0 Å². The quantitative estimate of drug-likeness (QED) is 0.811. The number of nitrogens with one attached hydrogen (secondary N) is 1. The summed E-state index contributed by atoms with van der Waals surface area (Å²) in [4.78, 5) is 38.1. The minimum Gasteiger partial charge on any atom is -0.371 e. The van der Waals surface area contributed by atoms with Crippen molar-refractivity contribution in [3.63, 3.8) is 0 Å². The lowest BCUT2D eigenvalue weighted by Crippen LogP contribution is -2.33. The predicted molar refractivity (Wildman–Crippen MR) is 94.1 cm³/mol. The number of hydrogen-bond acceptors (Lipinski definition) is 5. The monoisotopic (exact) mass is 351 g/mol. The summed E-state index contributed by atoms with van der Waals surface area (Å²) >= 11 is 0. The van der Waals surface area contributed by atoms with Crippen molar-refractivity contribution < 1.29 is 19.1 Å². The summed E-state index contributed by atoms with van der Waals surface area (Å²) in [6.07, 6.45) is -0.0542. The topological polar surface area (TPSA) is 102 Å². The van der Waals surface area contributed by atoms with Gasteiger partial charge in [0.2, 0.25) is 5.91 Å². The van der Waals surface area contributed by atoms with Gasteiger partial charge in [0.25, 0.3) is 11.8 Å². The SMILES string of the molecule is NC(=O)c1cccc2c1C(=O)N(c1ccc(C3CNCCO3)cc1)C2=O. The van der Waals surface area contributed by atoms with Crippen molar-refractivity contribution in [3.05, 3.63) is 64.7 Å². The summed E-state index contributed by atoms with van der Waals surface area (Å²) in [6, 6.07) is 11.6. The second-order valence-electron chi connectivity index (χ2n) is 6.19. The van der Waals surface area contributed by atoms with E-state index in [1.165, 1.54) is 12.1 Å². The molecule has 0 bridgehead atoms. The minimum absolute atomic E-state index is 0.0542. The van der Waals surface area contributed by atoms with Gasteiger partial charge in [0.05, 0.1) is 35.1 Å². The van der Waals surface area contributed by atoms with Crippen LogP contribution in [0.15, 0.2) is 42.5 Å². The number of fused-ring (bicyclic) bond motifs is 1. The number of carbonyl (C=O) groups is 3. The molecule has 1 saturated heterocycles. The van der Waals surface area contributed by atoms with Gasteiger partial charge in [-0.2, -0.15) is 0 Å². The fourth-order valence-electron chi connectivity index (χ4n) is 3.34. The van der Waals surface area contributed by atoms with Gasteiger partial charge < -0.3 is 15.8 Å². The fourth-order valence-corrected chi connectivity index (χ4v) is 3.34. The Bertz CT molecular complexity index is 902. The van der Waals surface area contributed by atoms with Gasteiger partial charge in [-0.05, 0) is 29.8 Å². The van der Waals surface area contributed by atoms with Crippen LogP contribution in [0.4, 0.5) is 5.69 Å². The predicted octanol–water partition coefficient (Wildman–Crippen LogP) is 1.25. The summed E-state index contributed by atoms with van der Waals surface area (Å²) < 4.78 is 5.70. The zero-order chi connectivity index (χ0) is 18.3. The first-order valence-electron chi connectivity index (χ1n) is 8.32. The van der Waals surface area contributed by atoms with Crippen LogP contribution in [0.3, 0.4) is 0 Å². The number of morpholine rings is 1. The molecule has 2 aromatic carbocycles. The maximum Gasteiger partial charge on any atom is 0.266 e. The van der Waals surface area contributed by atoms with E-state index in [0.29, 0.717) is 18.8 Å². The molecule has 0 radical (unpaired) electrons. The molecule has 2 aliphatic heterocycles. The Labute approximate surface area is 149 Å². The van der Waals surface area contributed by atoms with Crippen LogP contribution in [-0.2, 0) is 4.74 Å². The maximum atomic E-state index is 12.8. The first-order chi connectivity index (χ1) is 12.6. The lowest BCUT2D eigenvalue weighted by atomic mass is 10.0. The minimum atomic E-state index is -0.734. The second kappa shape index (κ2) is 6.36. The Hall–Kier alpha value is -3.03. The Morgan fingerprint density at radius 1 is 1.12 bits per heavy atom. The average Bonchev–Trinajstić information content (AvgIpc) is 2.93. The van der Waals surface area contributed by atoms with Crippen LogP contribution < -0.4 is 16.0 Å². The van der Waals surface area contributed by atoms with Crippen LogP contribution >= 0.6 is 0 Å². The van der Waals surface area contributed by atoms with Crippen molar-refractivity contribution in [2.45, 2.75) is 6.10 Å². The zero-order valence-corrected chi connectivity index (χ0v) is 13.9. The first kappa shape index (κ1) is 16.4. The molecule has 0 aliphatic carbocycles. The standard InChI is InChI=1S/C19H17N3O4/c20-17(23)13-2-1-3-14-16(13)19(25)22(18(14)24)12-6-4-11(5-7-12)15-10-21-8-9-26-15/h1-7,15,21H,8-10H2,(H2,20,23). The third-order valence-electron chi connectivity index (χ3n) is 4.63. The van der Waals surface area contributed by atoms with E-state index in [4.69, 9.17) is 10.5 Å². The molecule has 1 atom stereocenters. The average molecular weight is 351 g/mol. The van der Waals surface area contributed by atoms with E-state index in [2.05, 4.69) is 5.32 Å². The molecule has 3 N–H and O–H groups in total. The van der Waals surface area contributed by atoms with E-state index in [0.717, 1.165) is 17.0 Å². The highest BCUT2D eigenvalue weighted by molar-refractivity contribution is 6.36. The number of nitrogens with two attached hydrogens (primary N) is 1. The Balaban J connectivity index is 1.66. The maximum absolute atomic E-state index is 12.8. The molecule has 2 aliphatic rings. The summed E-state index contributed by atoms with van der Waals surface area (Å²) in [7, 11) is 0. The molecule has 0 spiro atoms. The molecule has 7 nitrogen and oxygen atoms in total. The molecule has 4 rings (SSSR count). The van der Waals surface area contributed by atoms with Crippen molar-refractivity contribution in [1.29, 1.82) is 0 Å². The molecule has 1 fully saturated rings. The molecular weight excluding hydrogens is 334 g/mol. The molecular formula is C19H17N3O4. The van der Waals surface area contributed by atoms with Crippen LogP contribution in [0.5, 0.6) is 0 Å². The van der Waals surface area contributed by atoms with Gasteiger partial charge in [-0.15, -0.1) is 0 Å². The highest BCUT2D eigenvalue weighted by atomic mass is 16.5. The summed E-state index contributed by atoms with van der Waals surface area (Å²) in [6.45, 7) is 2.18. The van der Waals surface area contributed by atoms with Crippen LogP contribution in [0.1, 0.15) is 42.7 Å². The number of rotatable bonds is 3. The van der Waals surface area contributed by atoms with E-state index in [9.17, 15) is 14.4 Å². The molecule has 1 unspecified atom stereocenters. The van der Waals surface area contributed by atoms with Crippen LogP contribution in [0, 0.1) is 0 Å². The fraction of sp³-hybridized carbons (Fsp3) is 0.211. The van der Waals surface area contributed by atoms with E-state index < -0.39 is 17.7 Å². The third kappa shape index (κ3) is 2.58. The van der Waals surface area contributed by atoms with Crippen molar-refractivity contribution in [2.75, 3.05) is 24.6 Å². The second-order valence-corrected chi connectivity index (χ2v) is 6.19. The van der Waals surface area contributed by atoms with Crippen molar-refractivity contribution in [2.24, 2.45) is 5.73 Å². The summed E-state index contributed by atoms with van der Waals surface area (Å²) in [5.74, 6) is -1.73. The van der Waals surface area contributed by atoms with E-state index >= 15 is 0 Å². The van der Waals surface area contributed by atoms with E-state index in [1.54, 1.807) is 18.2 Å². The Morgan fingerprint density at radius 2 is 1.88 bits per heavy atom. The number of primary amides is 1. The van der Waals surface area contributed by atoms with Gasteiger partial charge in [-0.25, -0.2) is 4.90 Å². The first-order valence-corrected chi connectivity index (χ1v) is 8.32. The molecule has 0 aromatic heterocycles. The number of amides is 3. The van der Waals surface area contributed by atoms with Crippen LogP contribution in [-0.4, -0.2) is 37.4 Å². The number of nitrogens with zero attached hydrogens (tertiary/aromatic N) is 1. The molecule has 3 amide bonds. The highest BCUT2D eigenvalue weighted by Crippen LogP contribution is 2.31. The van der Waals surface area contributed by atoms with Crippen LogP contribution in [0.2, 0.25) is 0 Å². The normalized spacial score (nSPS) is 19.5. The number of ether oxygens (including phenoxy) is 1. The molecule has 7 heteroatoms. The van der Waals surface area contributed by atoms with Gasteiger partial charge in [0, 0.05) is 13.1 Å². The lowest BCUT2D eigenvalue weighted by Gasteiger charge is -2.24. The van der Waals surface area contributed by atoms with Gasteiger partial charge >= 0.3 is 0 Å². The van der Waals surface area contributed by atoms with E-state index in [1.807, 2.05) is 12.1 Å². The van der Waals surface area contributed by atoms with Crippen LogP contribution in [0.25, 0.3) is 0 Å². The number of imide groups is 1. The van der Waals surface area contributed by atoms with Gasteiger partial charge in [0.1, 0.15) is 0 Å². The Kier molecular flexibility index (Phi) is 4.02. The molecule has 132 valence electrons. The molecule has 0 saturated carbocycles. The number of benzene rings is 2. The summed E-state index contributed by atoms with van der Waals surface area (Å²) in [5, 5.41) is 3.26. The van der Waals surface area contributed by atoms with Gasteiger partial charge in [0.15, 0.2) is 0 Å². The molecule has 2 aromatic rings. The smallest absolute Gasteiger partial charge is 0.266 e. The Morgan fingerprint density at radius 3 is 2.54 bits per heavy atom. The van der Waals surface area contributed by atoms with E-state index in [-0.39, 0.29) is 22.8 Å². The summed E-state index contributed by atoms with van der Waals surface area (Å²) in [5.41, 5.74) is 7.06. The van der Waals surface area contributed by atoms with Crippen molar-refractivity contribution >= 4 is 23.4 Å². The molecule has 2 heterocycles. The largest absolute Gasteiger partial charge is 0.371 e. The molecule has 26 heavy (non-hydrogen) atoms. The zero-order valence-electron chi connectivity index (χ0n) is 13.9. The highest BCUT2D eigenvalue weighted by Gasteiger charge is 2.39.